The first-order chi connectivity index (χ1) is 18.5. The third kappa shape index (κ3) is 10.7. The summed E-state index contributed by atoms with van der Waals surface area (Å²) in [6.07, 6.45) is 9.87. The van der Waals surface area contributed by atoms with Crippen molar-refractivity contribution < 1.29 is 19.1 Å². The van der Waals surface area contributed by atoms with Gasteiger partial charge in [-0.3, -0.25) is 9.59 Å². The number of carbonyl (C=O) groups excluding carboxylic acids is 3. The topological polar surface area (TPSA) is 87.7 Å². The molecule has 2 rings (SSSR count). The van der Waals surface area contributed by atoms with Gasteiger partial charge in [0.2, 0.25) is 11.8 Å². The van der Waals surface area contributed by atoms with Crippen molar-refractivity contribution in [1.29, 1.82) is 0 Å². The van der Waals surface area contributed by atoms with Crippen molar-refractivity contribution in [2.45, 2.75) is 123 Å². The zero-order valence-corrected chi connectivity index (χ0v) is 26.0. The van der Waals surface area contributed by atoms with Gasteiger partial charge in [-0.15, -0.1) is 0 Å². The van der Waals surface area contributed by atoms with Crippen LogP contribution in [0.4, 0.5) is 4.79 Å². The minimum absolute atomic E-state index is 0.123. The number of unbranched alkanes of at least 4 members (excludes halogenated alkanes) is 2. The van der Waals surface area contributed by atoms with Gasteiger partial charge in [-0.1, -0.05) is 57.2 Å². The van der Waals surface area contributed by atoms with Gasteiger partial charge in [0, 0.05) is 12.6 Å². The van der Waals surface area contributed by atoms with E-state index in [0.717, 1.165) is 61.6 Å². The Bertz CT molecular complexity index is 920. The molecule has 2 N–H and O–H groups in total. The fourth-order valence-corrected chi connectivity index (χ4v) is 5.73. The highest BCUT2D eigenvalue weighted by Crippen LogP contribution is 2.30. The Morgan fingerprint density at radius 2 is 1.72 bits per heavy atom. The molecule has 0 heterocycles. The van der Waals surface area contributed by atoms with Crippen LogP contribution in [-0.2, 0) is 14.3 Å². The molecular weight excluding hydrogens is 510 g/mol. The molecule has 0 spiro atoms. The first-order valence-electron chi connectivity index (χ1n) is 14.6. The average molecular weight is 562 g/mol. The molecule has 1 aliphatic carbocycles. The van der Waals surface area contributed by atoms with Gasteiger partial charge in [0.15, 0.2) is 0 Å². The number of alkyl carbamates (subject to hydrolysis) is 1. The number of thioether (sulfide) groups is 1. The largest absolute Gasteiger partial charge is 0.444 e. The lowest BCUT2D eigenvalue weighted by atomic mass is 9.91. The second kappa shape index (κ2) is 16.1. The molecule has 0 bridgehead atoms. The number of carbonyl (C=O) groups is 3. The van der Waals surface area contributed by atoms with Crippen molar-refractivity contribution in [3.8, 4) is 0 Å². The van der Waals surface area contributed by atoms with E-state index in [1.807, 2.05) is 38.3 Å². The van der Waals surface area contributed by atoms with Gasteiger partial charge in [0.1, 0.15) is 17.7 Å². The van der Waals surface area contributed by atoms with E-state index in [1.165, 1.54) is 6.42 Å². The standard InChI is InChI=1S/C31H51N3O4S/c1-8-9-13-20-34(29(36)25(19-21-39-7)33-30(37)38-31(4,5)6)27(26-22(2)15-14-16-23(26)3)28(35)32-24-17-11-10-12-18-24/h14-16,24-25,27H,8-13,17-21H2,1-7H3,(H,32,35)(H,33,37). The Hall–Kier alpha value is -2.22. The van der Waals surface area contributed by atoms with Gasteiger partial charge in [-0.05, 0) is 89.0 Å². The maximum Gasteiger partial charge on any atom is 0.408 e. The molecular formula is C31H51N3O4S. The summed E-state index contributed by atoms with van der Waals surface area (Å²) < 4.78 is 5.50. The van der Waals surface area contributed by atoms with Crippen LogP contribution < -0.4 is 10.6 Å². The minimum Gasteiger partial charge on any atom is -0.444 e. The SMILES string of the molecule is CCCCCN(C(=O)C(CCSC)NC(=O)OC(C)(C)C)C(C(=O)NC1CCCCC1)c1c(C)cccc1C. The van der Waals surface area contributed by atoms with Crippen molar-refractivity contribution in [2.75, 3.05) is 18.6 Å². The van der Waals surface area contributed by atoms with Crippen LogP contribution in [0, 0.1) is 13.8 Å². The van der Waals surface area contributed by atoms with Crippen LogP contribution in [0.5, 0.6) is 0 Å². The highest BCUT2D eigenvalue weighted by atomic mass is 32.2. The van der Waals surface area contributed by atoms with Crippen molar-refractivity contribution >= 4 is 29.7 Å². The number of hydrogen-bond acceptors (Lipinski definition) is 5. The van der Waals surface area contributed by atoms with E-state index < -0.39 is 23.8 Å². The first kappa shape index (κ1) is 33.0. The van der Waals surface area contributed by atoms with Crippen LogP contribution in [0.2, 0.25) is 0 Å². The first-order valence-corrected chi connectivity index (χ1v) is 16.0. The average Bonchev–Trinajstić information content (AvgIpc) is 2.86. The van der Waals surface area contributed by atoms with Crippen LogP contribution in [0.25, 0.3) is 0 Å². The van der Waals surface area contributed by atoms with Crippen molar-refractivity contribution in [3.05, 3.63) is 34.9 Å². The molecule has 1 aromatic carbocycles. The second-order valence-corrected chi connectivity index (χ2v) is 12.8. The van der Waals surface area contributed by atoms with Crippen LogP contribution >= 0.6 is 11.8 Å². The van der Waals surface area contributed by atoms with Gasteiger partial charge >= 0.3 is 6.09 Å². The third-order valence-electron chi connectivity index (χ3n) is 7.21. The Morgan fingerprint density at radius 3 is 2.28 bits per heavy atom. The summed E-state index contributed by atoms with van der Waals surface area (Å²) in [6, 6.07) is 4.55. The van der Waals surface area contributed by atoms with Crippen LogP contribution in [-0.4, -0.2) is 59.0 Å². The summed E-state index contributed by atoms with van der Waals surface area (Å²) in [6.45, 7) is 12.0. The molecule has 3 amide bonds. The number of rotatable bonds is 13. The maximum atomic E-state index is 14.3. The molecule has 1 fully saturated rings. The van der Waals surface area contributed by atoms with Crippen LogP contribution in [0.3, 0.4) is 0 Å². The predicted molar refractivity (Wildman–Crippen MR) is 161 cm³/mol. The lowest BCUT2D eigenvalue weighted by molar-refractivity contribution is -0.143. The van der Waals surface area contributed by atoms with E-state index in [1.54, 1.807) is 37.4 Å². The molecule has 1 saturated carbocycles. The van der Waals surface area contributed by atoms with Crippen molar-refractivity contribution in [3.63, 3.8) is 0 Å². The summed E-state index contributed by atoms with van der Waals surface area (Å²) in [4.78, 5) is 43.0. The molecule has 39 heavy (non-hydrogen) atoms. The number of ether oxygens (including phenoxy) is 1. The van der Waals surface area contributed by atoms with E-state index in [4.69, 9.17) is 4.74 Å². The Balaban J connectivity index is 2.51. The normalized spacial score (nSPS) is 15.8. The fraction of sp³-hybridized carbons (Fsp3) is 0.710. The maximum absolute atomic E-state index is 14.3. The lowest BCUT2D eigenvalue weighted by Crippen LogP contribution is -2.54. The van der Waals surface area contributed by atoms with Gasteiger partial charge in [0.05, 0.1) is 0 Å². The molecule has 8 heteroatoms. The van der Waals surface area contributed by atoms with Gasteiger partial charge in [-0.2, -0.15) is 11.8 Å². The quantitative estimate of drug-likeness (QED) is 0.270. The summed E-state index contributed by atoms with van der Waals surface area (Å²) in [7, 11) is 0. The molecule has 2 unspecified atom stereocenters. The zero-order valence-electron chi connectivity index (χ0n) is 25.2. The lowest BCUT2D eigenvalue weighted by Gasteiger charge is -2.37. The van der Waals surface area contributed by atoms with E-state index in [2.05, 4.69) is 17.6 Å². The van der Waals surface area contributed by atoms with Crippen molar-refractivity contribution in [2.24, 2.45) is 0 Å². The van der Waals surface area contributed by atoms with E-state index in [0.29, 0.717) is 18.7 Å². The number of hydrogen-bond donors (Lipinski definition) is 2. The van der Waals surface area contributed by atoms with Crippen LogP contribution in [0.15, 0.2) is 18.2 Å². The summed E-state index contributed by atoms with van der Waals surface area (Å²) in [5, 5.41) is 6.14. The molecule has 220 valence electrons. The molecule has 0 radical (unpaired) electrons. The van der Waals surface area contributed by atoms with E-state index in [9.17, 15) is 14.4 Å². The van der Waals surface area contributed by atoms with Crippen LogP contribution in [0.1, 0.15) is 108 Å². The molecule has 0 aromatic heterocycles. The minimum atomic E-state index is -0.789. The Morgan fingerprint density at radius 1 is 1.08 bits per heavy atom. The molecule has 0 saturated heterocycles. The highest BCUT2D eigenvalue weighted by molar-refractivity contribution is 7.98. The number of benzene rings is 1. The number of nitrogens with one attached hydrogen (secondary N) is 2. The highest BCUT2D eigenvalue weighted by Gasteiger charge is 2.38. The number of nitrogens with zero attached hydrogens (tertiary/aromatic N) is 1. The predicted octanol–water partition coefficient (Wildman–Crippen LogP) is 6.46. The Kier molecular flexibility index (Phi) is 13.7. The fourth-order valence-electron chi connectivity index (χ4n) is 5.26. The zero-order chi connectivity index (χ0) is 29.0. The molecule has 1 aromatic rings. The smallest absolute Gasteiger partial charge is 0.408 e. The number of amides is 3. The van der Waals surface area contributed by atoms with Gasteiger partial charge < -0.3 is 20.3 Å². The molecule has 2 atom stereocenters. The molecule has 0 aliphatic heterocycles. The van der Waals surface area contributed by atoms with E-state index in [-0.39, 0.29) is 17.9 Å². The number of aryl methyl sites for hydroxylation is 2. The Labute approximate surface area is 240 Å². The summed E-state index contributed by atoms with van der Waals surface area (Å²) >= 11 is 1.62. The van der Waals surface area contributed by atoms with Gasteiger partial charge in [0.25, 0.3) is 0 Å². The molecule has 1 aliphatic rings. The van der Waals surface area contributed by atoms with E-state index >= 15 is 0 Å². The monoisotopic (exact) mass is 561 g/mol. The summed E-state index contributed by atoms with van der Waals surface area (Å²) in [5.41, 5.74) is 2.15. The van der Waals surface area contributed by atoms with Crippen molar-refractivity contribution in [1.82, 2.24) is 15.5 Å². The third-order valence-corrected chi connectivity index (χ3v) is 7.86. The van der Waals surface area contributed by atoms with Gasteiger partial charge in [-0.25, -0.2) is 4.79 Å². The summed E-state index contributed by atoms with van der Waals surface area (Å²) in [5.74, 6) is 0.319. The molecule has 7 nitrogen and oxygen atoms in total. The second-order valence-electron chi connectivity index (χ2n) is 11.8.